The molecule has 0 bridgehead atoms. The second-order valence-electron chi connectivity index (χ2n) is 14.4. The lowest BCUT2D eigenvalue weighted by Gasteiger charge is -2.50. The van der Waals surface area contributed by atoms with E-state index in [1.54, 1.807) is 0 Å². The van der Waals surface area contributed by atoms with Crippen LogP contribution in [0.3, 0.4) is 0 Å². The van der Waals surface area contributed by atoms with Crippen molar-refractivity contribution in [3.05, 3.63) is 204 Å². The van der Waals surface area contributed by atoms with Crippen LogP contribution in [0.25, 0.3) is 0 Å². The average molecular weight is 747 g/mol. The van der Waals surface area contributed by atoms with E-state index < -0.39 is 30.5 Å². The Hall–Kier alpha value is -5.28. The van der Waals surface area contributed by atoms with Crippen LogP contribution in [0.15, 0.2) is 182 Å². The van der Waals surface area contributed by atoms with Crippen LogP contribution in [0.5, 0.6) is 0 Å². The van der Waals surface area contributed by atoms with E-state index in [1.165, 1.54) is 0 Å². The molecule has 0 radical (unpaired) electrons. The van der Waals surface area contributed by atoms with E-state index in [9.17, 15) is 0 Å². The van der Waals surface area contributed by atoms with Crippen molar-refractivity contribution in [1.82, 2.24) is 0 Å². The van der Waals surface area contributed by atoms with E-state index in [0.29, 0.717) is 33.0 Å². The number of hydrogen-bond donors (Lipinski definition) is 0. The molecule has 2 aliphatic heterocycles. The van der Waals surface area contributed by atoms with E-state index in [2.05, 4.69) is 119 Å². The third kappa shape index (κ3) is 9.39. The molecule has 0 unspecified atom stereocenters. The van der Waals surface area contributed by atoms with Gasteiger partial charge in [0.05, 0.1) is 33.0 Å². The maximum absolute atomic E-state index is 7.46. The van der Waals surface area contributed by atoms with Gasteiger partial charge in [-0.15, -0.1) is 0 Å². The zero-order valence-corrected chi connectivity index (χ0v) is 31.7. The Bertz CT molecular complexity index is 1960. The van der Waals surface area contributed by atoms with E-state index >= 15 is 0 Å². The molecule has 2 fully saturated rings. The van der Waals surface area contributed by atoms with Crippen molar-refractivity contribution < 1.29 is 23.7 Å². The highest BCUT2D eigenvalue weighted by Crippen LogP contribution is 2.39. The maximum Gasteiger partial charge on any atom is 0.131 e. The van der Waals surface area contributed by atoms with Crippen LogP contribution < -0.4 is 9.80 Å². The van der Waals surface area contributed by atoms with Crippen molar-refractivity contribution in [1.29, 1.82) is 0 Å². The summed E-state index contributed by atoms with van der Waals surface area (Å²) in [5.74, 6) is 0. The number of para-hydroxylation sites is 2. The summed E-state index contributed by atoms with van der Waals surface area (Å²) < 4.78 is 35.2. The van der Waals surface area contributed by atoms with Gasteiger partial charge < -0.3 is 33.5 Å². The molecule has 56 heavy (non-hydrogen) atoms. The smallest absolute Gasteiger partial charge is 0.131 e. The summed E-state index contributed by atoms with van der Waals surface area (Å²) in [7, 11) is 0. The Kier molecular flexibility index (Phi) is 12.8. The number of nitrogens with zero attached hydrogens (tertiary/aromatic N) is 2. The van der Waals surface area contributed by atoms with Gasteiger partial charge in [-0.2, -0.15) is 0 Å². The minimum Gasteiger partial charge on any atom is -0.374 e. The predicted octanol–water partition coefficient (Wildman–Crippen LogP) is 9.08. The Morgan fingerprint density at radius 1 is 0.411 bits per heavy atom. The third-order valence-electron chi connectivity index (χ3n) is 10.6. The molecule has 0 amide bonds. The fourth-order valence-corrected chi connectivity index (χ4v) is 7.87. The molecule has 7 nitrogen and oxygen atoms in total. The minimum atomic E-state index is -0.523. The van der Waals surface area contributed by atoms with Gasteiger partial charge in [0.25, 0.3) is 0 Å². The summed E-state index contributed by atoms with van der Waals surface area (Å²) in [6.07, 6.45) is -2.71. The summed E-state index contributed by atoms with van der Waals surface area (Å²) in [5.41, 5.74) is 6.58. The molecule has 8 rings (SSSR count). The van der Waals surface area contributed by atoms with Crippen molar-refractivity contribution in [2.24, 2.45) is 0 Å². The van der Waals surface area contributed by atoms with Crippen LogP contribution >= 0.6 is 0 Å². The fraction of sp³-hybridized carbons (Fsp3) is 0.265. The molecule has 7 heteroatoms. The highest BCUT2D eigenvalue weighted by atomic mass is 16.6. The molecule has 6 aromatic carbocycles. The van der Waals surface area contributed by atoms with E-state index in [1.807, 2.05) is 72.8 Å². The van der Waals surface area contributed by atoms with Gasteiger partial charge in [-0.1, -0.05) is 158 Å². The summed E-state index contributed by atoms with van der Waals surface area (Å²) in [4.78, 5) is 4.91. The van der Waals surface area contributed by atoms with Gasteiger partial charge in [-0.05, 0) is 46.5 Å². The summed E-state index contributed by atoms with van der Waals surface area (Å²) in [6, 6.07) is 62.5. The van der Waals surface area contributed by atoms with E-state index in [-0.39, 0.29) is 6.17 Å². The predicted molar refractivity (Wildman–Crippen MR) is 221 cm³/mol. The van der Waals surface area contributed by atoms with Gasteiger partial charge in [-0.3, -0.25) is 0 Å². The Labute approximate surface area is 331 Å². The monoisotopic (exact) mass is 746 g/mol. The summed E-state index contributed by atoms with van der Waals surface area (Å²) in [5, 5.41) is 0. The number of benzene rings is 6. The molecule has 2 saturated heterocycles. The van der Waals surface area contributed by atoms with Gasteiger partial charge in [-0.25, -0.2) is 0 Å². The highest BCUT2D eigenvalue weighted by Gasteiger charge is 2.54. The zero-order chi connectivity index (χ0) is 37.8. The first-order valence-corrected chi connectivity index (χ1v) is 19.7. The Balaban J connectivity index is 1.21. The normalized spacial score (nSPS) is 21.3. The Morgan fingerprint density at radius 3 is 1.20 bits per heavy atom. The molecule has 0 N–H and O–H groups in total. The van der Waals surface area contributed by atoms with Crippen molar-refractivity contribution in [3.8, 4) is 0 Å². The van der Waals surface area contributed by atoms with Crippen LogP contribution in [-0.2, 0) is 50.1 Å². The highest BCUT2D eigenvalue weighted by molar-refractivity contribution is 5.57. The van der Waals surface area contributed by atoms with Gasteiger partial charge in [0, 0.05) is 24.5 Å². The molecule has 0 aliphatic carbocycles. The Morgan fingerprint density at radius 2 is 0.768 bits per heavy atom. The minimum absolute atomic E-state index is 0.227. The zero-order valence-electron chi connectivity index (χ0n) is 31.7. The first-order valence-electron chi connectivity index (χ1n) is 19.7. The van der Waals surface area contributed by atoms with Gasteiger partial charge >= 0.3 is 0 Å². The second-order valence-corrected chi connectivity index (χ2v) is 14.4. The molecular weight excluding hydrogens is 697 g/mol. The number of ether oxygens (including phenoxy) is 5. The molecule has 5 atom stereocenters. The van der Waals surface area contributed by atoms with Crippen LogP contribution in [-0.4, -0.2) is 56.4 Å². The largest absolute Gasteiger partial charge is 0.374 e. The molecule has 0 aromatic heterocycles. The van der Waals surface area contributed by atoms with Crippen molar-refractivity contribution in [3.63, 3.8) is 0 Å². The average Bonchev–Trinajstić information content (AvgIpc) is 3.72. The standard InChI is InChI=1S/C49H50N2O5/c1-7-19-38(20-8-1)33-52-37-44-45(53-34-39-21-9-2-10-22-39)46(54-35-40-23-11-3-12-24-40)47(55-36-41-25-13-4-14-26-41)48(56-44)49-50(42-27-15-5-16-28-42)31-32-51(49)43-29-17-6-18-30-43/h1-30,44-49H,31-37H2/t44-,45+,46+,47-,48-/m1/s1. The van der Waals surface area contributed by atoms with Gasteiger partial charge in [0.2, 0.25) is 0 Å². The van der Waals surface area contributed by atoms with Crippen molar-refractivity contribution in [2.45, 2.75) is 63.1 Å². The first-order chi connectivity index (χ1) is 27.8. The maximum atomic E-state index is 7.46. The first kappa shape index (κ1) is 37.6. The molecule has 2 aliphatic rings. The van der Waals surface area contributed by atoms with Gasteiger partial charge in [0.15, 0.2) is 0 Å². The molecule has 286 valence electrons. The molecule has 6 aromatic rings. The lowest BCUT2D eigenvalue weighted by atomic mass is 9.91. The lowest BCUT2D eigenvalue weighted by molar-refractivity contribution is -0.275. The molecule has 0 saturated carbocycles. The molecule has 0 spiro atoms. The topological polar surface area (TPSA) is 52.6 Å². The summed E-state index contributed by atoms with van der Waals surface area (Å²) in [6.45, 7) is 3.56. The van der Waals surface area contributed by atoms with Crippen LogP contribution in [0.2, 0.25) is 0 Å². The van der Waals surface area contributed by atoms with E-state index in [0.717, 1.165) is 46.7 Å². The van der Waals surface area contributed by atoms with Crippen LogP contribution in [0.4, 0.5) is 11.4 Å². The van der Waals surface area contributed by atoms with Gasteiger partial charge in [0.1, 0.15) is 36.7 Å². The van der Waals surface area contributed by atoms with Crippen molar-refractivity contribution in [2.75, 3.05) is 29.5 Å². The van der Waals surface area contributed by atoms with E-state index in [4.69, 9.17) is 23.7 Å². The van der Waals surface area contributed by atoms with Crippen LogP contribution in [0, 0.1) is 0 Å². The number of rotatable bonds is 16. The quantitative estimate of drug-likeness (QED) is 0.0980. The molecular formula is C49H50N2O5. The number of hydrogen-bond acceptors (Lipinski definition) is 7. The molecule has 2 heterocycles. The second kappa shape index (κ2) is 19.0. The SMILES string of the molecule is c1ccc(COC[C@H]2O[C@@H](C3N(c4ccccc4)CCN3c3ccccc3)[C@H](OCc3ccccc3)[C@@H](OCc3ccccc3)[C@H]2OCc2ccccc2)cc1. The van der Waals surface area contributed by atoms with Crippen LogP contribution in [0.1, 0.15) is 22.3 Å². The lowest BCUT2D eigenvalue weighted by Crippen LogP contribution is -2.67. The number of anilines is 2. The van der Waals surface area contributed by atoms with Crippen molar-refractivity contribution >= 4 is 11.4 Å². The third-order valence-corrected chi connectivity index (χ3v) is 10.6. The summed E-state index contributed by atoms with van der Waals surface area (Å²) >= 11 is 0. The fourth-order valence-electron chi connectivity index (χ4n) is 7.87.